The lowest BCUT2D eigenvalue weighted by Gasteiger charge is -2.18. The molecule has 1 heterocycles. The molecule has 0 saturated carbocycles. The van der Waals surface area contributed by atoms with Crippen molar-refractivity contribution < 1.29 is 0 Å². The van der Waals surface area contributed by atoms with Gasteiger partial charge in [0.05, 0.1) is 10.7 Å². The summed E-state index contributed by atoms with van der Waals surface area (Å²) in [7, 11) is 0. The van der Waals surface area contributed by atoms with E-state index in [2.05, 4.69) is 34.5 Å². The maximum absolute atomic E-state index is 6.15. The molecule has 0 unspecified atom stereocenters. The number of nitrogens with zero attached hydrogens (tertiary/aromatic N) is 1. The summed E-state index contributed by atoms with van der Waals surface area (Å²) >= 11 is 12.1. The van der Waals surface area contributed by atoms with Crippen molar-refractivity contribution in [1.29, 1.82) is 0 Å². The van der Waals surface area contributed by atoms with Crippen molar-refractivity contribution in [2.45, 2.75) is 19.4 Å². The molecular formula is C17H18Cl2N2. The van der Waals surface area contributed by atoms with E-state index < -0.39 is 0 Å². The minimum atomic E-state index is 0.649. The van der Waals surface area contributed by atoms with Gasteiger partial charge in [0.25, 0.3) is 0 Å². The molecule has 1 aliphatic rings. The maximum Gasteiger partial charge on any atom is 0.0652 e. The van der Waals surface area contributed by atoms with E-state index in [9.17, 15) is 0 Å². The summed E-state index contributed by atoms with van der Waals surface area (Å²) in [6, 6.07) is 14.2. The average Bonchev–Trinajstić information content (AvgIpc) is 3.01. The zero-order valence-electron chi connectivity index (χ0n) is 11.8. The van der Waals surface area contributed by atoms with Crippen LogP contribution in [0.5, 0.6) is 0 Å². The molecule has 0 atom stereocenters. The largest absolute Gasteiger partial charge is 0.380 e. The summed E-state index contributed by atoms with van der Waals surface area (Å²) < 4.78 is 0. The van der Waals surface area contributed by atoms with Crippen LogP contribution in [0, 0.1) is 0 Å². The number of anilines is 2. The van der Waals surface area contributed by atoms with Crippen molar-refractivity contribution in [3.05, 3.63) is 58.1 Å². The molecule has 0 amide bonds. The Morgan fingerprint density at radius 3 is 2.33 bits per heavy atom. The molecule has 2 nitrogen and oxygen atoms in total. The van der Waals surface area contributed by atoms with Gasteiger partial charge < -0.3 is 10.2 Å². The van der Waals surface area contributed by atoms with Gasteiger partial charge in [-0.2, -0.15) is 0 Å². The highest BCUT2D eigenvalue weighted by Crippen LogP contribution is 2.26. The lowest BCUT2D eigenvalue weighted by molar-refractivity contribution is 0.949. The normalized spacial score (nSPS) is 14.5. The highest BCUT2D eigenvalue weighted by atomic mass is 35.5. The van der Waals surface area contributed by atoms with Gasteiger partial charge in [0, 0.05) is 30.3 Å². The van der Waals surface area contributed by atoms with Gasteiger partial charge in [-0.15, -0.1) is 0 Å². The molecule has 1 saturated heterocycles. The molecule has 3 rings (SSSR count). The van der Waals surface area contributed by atoms with Gasteiger partial charge in [-0.1, -0.05) is 35.3 Å². The third-order valence-corrected chi connectivity index (χ3v) is 4.37. The highest BCUT2D eigenvalue weighted by Gasteiger charge is 2.11. The van der Waals surface area contributed by atoms with Crippen LogP contribution in [0.15, 0.2) is 42.5 Å². The van der Waals surface area contributed by atoms with E-state index in [0.29, 0.717) is 10.0 Å². The topological polar surface area (TPSA) is 15.3 Å². The number of hydrogen-bond donors (Lipinski definition) is 1. The molecule has 0 bridgehead atoms. The van der Waals surface area contributed by atoms with E-state index in [1.807, 2.05) is 12.1 Å². The van der Waals surface area contributed by atoms with E-state index in [1.165, 1.54) is 37.2 Å². The minimum Gasteiger partial charge on any atom is -0.380 e. The fraction of sp³-hybridized carbons (Fsp3) is 0.294. The highest BCUT2D eigenvalue weighted by molar-refractivity contribution is 6.36. The third-order valence-electron chi connectivity index (χ3n) is 3.82. The zero-order valence-corrected chi connectivity index (χ0v) is 13.3. The Kier molecular flexibility index (Phi) is 4.57. The Morgan fingerprint density at radius 2 is 1.67 bits per heavy atom. The van der Waals surface area contributed by atoms with Crippen LogP contribution in [0.3, 0.4) is 0 Å². The average molecular weight is 321 g/mol. The summed E-state index contributed by atoms with van der Waals surface area (Å²) in [5.74, 6) is 0. The molecule has 4 heteroatoms. The number of hydrogen-bond acceptors (Lipinski definition) is 2. The summed E-state index contributed by atoms with van der Waals surface area (Å²) in [6.07, 6.45) is 2.61. The fourth-order valence-corrected chi connectivity index (χ4v) is 3.11. The van der Waals surface area contributed by atoms with Crippen LogP contribution in [0.2, 0.25) is 10.0 Å². The first-order chi connectivity index (χ1) is 10.2. The Hall–Kier alpha value is -1.38. The van der Waals surface area contributed by atoms with Gasteiger partial charge in [-0.05, 0) is 48.7 Å². The number of rotatable bonds is 4. The van der Waals surface area contributed by atoms with E-state index in [4.69, 9.17) is 23.2 Å². The monoisotopic (exact) mass is 320 g/mol. The quantitative estimate of drug-likeness (QED) is 0.832. The first-order valence-electron chi connectivity index (χ1n) is 7.25. The third kappa shape index (κ3) is 3.63. The van der Waals surface area contributed by atoms with Crippen molar-refractivity contribution >= 4 is 34.6 Å². The summed E-state index contributed by atoms with van der Waals surface area (Å²) in [6.45, 7) is 3.11. The van der Waals surface area contributed by atoms with Crippen LogP contribution in [-0.4, -0.2) is 13.1 Å². The summed E-state index contributed by atoms with van der Waals surface area (Å²) in [5, 5.41) is 4.64. The molecular weight excluding hydrogens is 303 g/mol. The Morgan fingerprint density at radius 1 is 0.952 bits per heavy atom. The first kappa shape index (κ1) is 14.6. The van der Waals surface area contributed by atoms with Gasteiger partial charge in [0.2, 0.25) is 0 Å². The Balaban J connectivity index is 1.62. The molecule has 0 aliphatic carbocycles. The zero-order chi connectivity index (χ0) is 14.7. The Labute approximate surface area is 135 Å². The molecule has 0 spiro atoms. The van der Waals surface area contributed by atoms with E-state index >= 15 is 0 Å². The van der Waals surface area contributed by atoms with Crippen LogP contribution in [-0.2, 0) is 6.54 Å². The second-order valence-corrected chi connectivity index (χ2v) is 6.18. The number of halogens is 2. The van der Waals surface area contributed by atoms with Gasteiger partial charge in [-0.25, -0.2) is 0 Å². The van der Waals surface area contributed by atoms with E-state index in [0.717, 1.165) is 12.2 Å². The standard InChI is InChI=1S/C17H18Cl2N2/c18-14-5-8-17(16(19)11-14)20-12-13-3-6-15(7-4-13)21-9-1-2-10-21/h3-8,11,20H,1-2,9-10,12H2. The van der Waals surface area contributed by atoms with Crippen molar-refractivity contribution in [3.8, 4) is 0 Å². The predicted octanol–water partition coefficient (Wildman–Crippen LogP) is 5.21. The summed E-state index contributed by atoms with van der Waals surface area (Å²) in [4.78, 5) is 2.44. The lowest BCUT2D eigenvalue weighted by atomic mass is 10.2. The van der Waals surface area contributed by atoms with Gasteiger partial charge in [0.15, 0.2) is 0 Å². The van der Waals surface area contributed by atoms with Crippen LogP contribution < -0.4 is 10.2 Å². The first-order valence-corrected chi connectivity index (χ1v) is 8.01. The van der Waals surface area contributed by atoms with Crippen LogP contribution >= 0.6 is 23.2 Å². The smallest absolute Gasteiger partial charge is 0.0652 e. The van der Waals surface area contributed by atoms with Crippen LogP contribution in [0.4, 0.5) is 11.4 Å². The molecule has 1 aliphatic heterocycles. The van der Waals surface area contributed by atoms with Gasteiger partial charge in [-0.3, -0.25) is 0 Å². The lowest BCUT2D eigenvalue weighted by Crippen LogP contribution is -2.17. The molecule has 2 aromatic rings. The molecule has 0 radical (unpaired) electrons. The van der Waals surface area contributed by atoms with Gasteiger partial charge >= 0.3 is 0 Å². The van der Waals surface area contributed by atoms with Crippen molar-refractivity contribution in [3.63, 3.8) is 0 Å². The molecule has 21 heavy (non-hydrogen) atoms. The SMILES string of the molecule is Clc1ccc(NCc2ccc(N3CCCC3)cc2)c(Cl)c1. The summed E-state index contributed by atoms with van der Waals surface area (Å²) in [5.41, 5.74) is 3.47. The van der Waals surface area contributed by atoms with Crippen molar-refractivity contribution in [1.82, 2.24) is 0 Å². The van der Waals surface area contributed by atoms with E-state index in [1.54, 1.807) is 6.07 Å². The molecule has 110 valence electrons. The molecule has 1 N–H and O–H groups in total. The Bertz CT molecular complexity index is 605. The van der Waals surface area contributed by atoms with Crippen molar-refractivity contribution in [2.75, 3.05) is 23.3 Å². The minimum absolute atomic E-state index is 0.649. The molecule has 2 aromatic carbocycles. The maximum atomic E-state index is 6.15. The second-order valence-electron chi connectivity index (χ2n) is 5.34. The number of nitrogens with one attached hydrogen (secondary N) is 1. The fourth-order valence-electron chi connectivity index (χ4n) is 2.63. The second kappa shape index (κ2) is 6.59. The van der Waals surface area contributed by atoms with Crippen LogP contribution in [0.1, 0.15) is 18.4 Å². The van der Waals surface area contributed by atoms with E-state index in [-0.39, 0.29) is 0 Å². The van der Waals surface area contributed by atoms with Gasteiger partial charge in [0.1, 0.15) is 0 Å². The molecule has 0 aromatic heterocycles. The number of benzene rings is 2. The van der Waals surface area contributed by atoms with Crippen molar-refractivity contribution in [2.24, 2.45) is 0 Å². The molecule has 1 fully saturated rings. The van der Waals surface area contributed by atoms with Crippen LogP contribution in [0.25, 0.3) is 0 Å². The predicted molar refractivity (Wildman–Crippen MR) is 91.7 cm³/mol.